The highest BCUT2D eigenvalue weighted by atomic mass is 32.2. The largest absolute Gasteiger partial charge is 0.338 e. The number of aromatic nitrogens is 4. The molecule has 0 aliphatic carbocycles. The molecule has 2 N–H and O–H groups in total. The van der Waals surface area contributed by atoms with Gasteiger partial charge < -0.3 is 10.2 Å². The lowest BCUT2D eigenvalue weighted by atomic mass is 10.1. The minimum absolute atomic E-state index is 0.0467. The fourth-order valence-electron chi connectivity index (χ4n) is 3.87. The minimum atomic E-state index is -3.60. The van der Waals surface area contributed by atoms with Gasteiger partial charge in [-0.05, 0) is 37.3 Å². The second-order valence-electron chi connectivity index (χ2n) is 8.71. The van der Waals surface area contributed by atoms with Crippen molar-refractivity contribution < 1.29 is 17.4 Å². The van der Waals surface area contributed by atoms with Crippen molar-refractivity contribution in [2.75, 3.05) is 54.0 Å². The van der Waals surface area contributed by atoms with Crippen molar-refractivity contribution in [3.8, 4) is 6.07 Å². The first kappa shape index (κ1) is 27.8. The Morgan fingerprint density at radius 3 is 2.38 bits per heavy atom. The number of aryl methyl sites for hydroxylation is 1. The Morgan fingerprint density at radius 1 is 1.08 bits per heavy atom. The van der Waals surface area contributed by atoms with Gasteiger partial charge in [-0.2, -0.15) is 5.26 Å². The van der Waals surface area contributed by atoms with Crippen molar-refractivity contribution in [2.24, 2.45) is 0 Å². The quantitative estimate of drug-likeness (QED) is 0.418. The summed E-state index contributed by atoms with van der Waals surface area (Å²) in [5, 5.41) is 19.5. The molecular weight excluding hydrogens is 544 g/mol. The van der Waals surface area contributed by atoms with Crippen LogP contribution in [-0.4, -0.2) is 82.5 Å². The number of nitriles is 1. The van der Waals surface area contributed by atoms with E-state index < -0.39 is 25.8 Å². The summed E-state index contributed by atoms with van der Waals surface area (Å²) in [7, 11) is -5.72. The topological polar surface area (TPSA) is 189 Å². The molecule has 1 aliphatic rings. The van der Waals surface area contributed by atoms with Crippen LogP contribution in [0.3, 0.4) is 0 Å². The fourth-order valence-corrected chi connectivity index (χ4v) is 5.73. The molecule has 1 aromatic carbocycles. The second-order valence-corrected chi connectivity index (χ2v) is 12.7. The number of hydrogen-bond acceptors (Lipinski definition) is 11. The molecule has 1 amide bonds. The number of sulfonamides is 1. The van der Waals surface area contributed by atoms with Gasteiger partial charge in [-0.3, -0.25) is 9.10 Å². The van der Waals surface area contributed by atoms with Gasteiger partial charge in [0, 0.05) is 38.9 Å². The molecule has 0 saturated carbocycles. The first-order valence-corrected chi connectivity index (χ1v) is 15.0. The van der Waals surface area contributed by atoms with Gasteiger partial charge in [0.05, 0.1) is 17.5 Å². The van der Waals surface area contributed by atoms with E-state index in [1.807, 2.05) is 11.0 Å². The predicted octanol–water partition coefficient (Wildman–Crippen LogP) is 1.24. The number of carbonyl (C=O) groups is 1. The van der Waals surface area contributed by atoms with Crippen molar-refractivity contribution in [1.29, 1.82) is 10.0 Å². The maximum Gasteiger partial charge on any atom is 0.259 e. The smallest absolute Gasteiger partial charge is 0.259 e. The zero-order chi connectivity index (χ0) is 28.4. The molecule has 0 spiro atoms. The number of nitrogens with one attached hydrogen (secondary N) is 2. The van der Waals surface area contributed by atoms with Crippen LogP contribution in [0.25, 0.3) is 0 Å². The van der Waals surface area contributed by atoms with Crippen LogP contribution in [0.2, 0.25) is 0 Å². The number of nitrogens with zero attached hydrogens (tertiary/aromatic N) is 8. The van der Waals surface area contributed by atoms with Gasteiger partial charge in [0.25, 0.3) is 5.91 Å². The van der Waals surface area contributed by atoms with E-state index in [4.69, 9.17) is 10.0 Å². The first-order chi connectivity index (χ1) is 18.4. The summed E-state index contributed by atoms with van der Waals surface area (Å²) < 4.78 is 48.3. The van der Waals surface area contributed by atoms with Crippen LogP contribution >= 0.6 is 0 Å². The number of benzene rings is 1. The third kappa shape index (κ3) is 6.11. The highest BCUT2D eigenvalue weighted by Crippen LogP contribution is 2.23. The number of amides is 1. The highest BCUT2D eigenvalue weighted by Gasteiger charge is 2.28. The Morgan fingerprint density at radius 2 is 1.77 bits per heavy atom. The van der Waals surface area contributed by atoms with Crippen molar-refractivity contribution in [3.05, 3.63) is 59.4 Å². The molecule has 16 heteroatoms. The second kappa shape index (κ2) is 10.9. The Hall–Kier alpha value is -4.20. The molecule has 4 rings (SSSR count). The molecule has 0 bridgehead atoms. The molecule has 1 fully saturated rings. The SMILES string of the molecule is Cc1cc(C#N)nc(N2CCN(S(=N)(=O)c3ccc(NC(=O)c4ccccc4N(C)S(C)(=O)=O)nn3)CC2)n1. The van der Waals surface area contributed by atoms with Gasteiger partial charge in [0.2, 0.25) is 16.0 Å². The molecule has 1 unspecified atom stereocenters. The lowest BCUT2D eigenvalue weighted by Crippen LogP contribution is -2.49. The number of rotatable bonds is 7. The van der Waals surface area contributed by atoms with Crippen molar-refractivity contribution in [2.45, 2.75) is 11.9 Å². The average Bonchev–Trinajstić information content (AvgIpc) is 2.92. The normalized spacial score (nSPS) is 15.7. The summed E-state index contributed by atoms with van der Waals surface area (Å²) in [5.74, 6) is -0.152. The van der Waals surface area contributed by atoms with Crippen LogP contribution in [0.1, 0.15) is 21.7 Å². The molecule has 3 aromatic rings. The molecule has 14 nitrogen and oxygen atoms in total. The Labute approximate surface area is 226 Å². The van der Waals surface area contributed by atoms with Crippen molar-refractivity contribution in [3.63, 3.8) is 0 Å². The van der Waals surface area contributed by atoms with E-state index in [1.54, 1.807) is 25.1 Å². The van der Waals surface area contributed by atoms with Crippen LogP contribution in [0.5, 0.6) is 0 Å². The lowest BCUT2D eigenvalue weighted by Gasteiger charge is -2.34. The van der Waals surface area contributed by atoms with E-state index in [-0.39, 0.29) is 40.9 Å². The summed E-state index contributed by atoms with van der Waals surface area (Å²) in [6, 6.07) is 12.6. The Bertz CT molecular complexity index is 1650. The number of piperazine rings is 1. The lowest BCUT2D eigenvalue weighted by molar-refractivity contribution is 0.102. The summed E-state index contributed by atoms with van der Waals surface area (Å²) >= 11 is 0. The molecule has 204 valence electrons. The Kier molecular flexibility index (Phi) is 7.77. The van der Waals surface area contributed by atoms with Gasteiger partial charge in [-0.25, -0.2) is 31.7 Å². The zero-order valence-corrected chi connectivity index (χ0v) is 23.0. The van der Waals surface area contributed by atoms with E-state index in [9.17, 15) is 17.4 Å². The van der Waals surface area contributed by atoms with E-state index in [0.717, 1.165) is 10.6 Å². The van der Waals surface area contributed by atoms with Gasteiger partial charge in [0.1, 0.15) is 11.8 Å². The highest BCUT2D eigenvalue weighted by molar-refractivity contribution is 7.92. The summed E-state index contributed by atoms with van der Waals surface area (Å²) in [6.45, 7) is 3.11. The summed E-state index contributed by atoms with van der Waals surface area (Å²) in [5.41, 5.74) is 1.22. The van der Waals surface area contributed by atoms with Crippen molar-refractivity contribution >= 4 is 43.3 Å². The van der Waals surface area contributed by atoms with Crippen LogP contribution < -0.4 is 14.5 Å². The Balaban J connectivity index is 1.44. The number of anilines is 3. The fraction of sp³-hybridized carbons (Fsp3) is 0.304. The van der Waals surface area contributed by atoms with Crippen LogP contribution in [-0.2, 0) is 19.9 Å². The van der Waals surface area contributed by atoms with E-state index in [2.05, 4.69) is 25.5 Å². The molecule has 1 atom stereocenters. The van der Waals surface area contributed by atoms with Gasteiger partial charge in [0.15, 0.2) is 20.8 Å². The van der Waals surface area contributed by atoms with Gasteiger partial charge in [-0.1, -0.05) is 12.1 Å². The molecule has 3 heterocycles. The molecule has 1 saturated heterocycles. The molecule has 2 aromatic heterocycles. The third-order valence-electron chi connectivity index (χ3n) is 5.99. The monoisotopic (exact) mass is 570 g/mol. The first-order valence-electron chi connectivity index (χ1n) is 11.6. The minimum Gasteiger partial charge on any atom is -0.338 e. The predicted molar refractivity (Wildman–Crippen MR) is 144 cm³/mol. The van der Waals surface area contributed by atoms with Gasteiger partial charge >= 0.3 is 0 Å². The van der Waals surface area contributed by atoms with Crippen LogP contribution in [0.4, 0.5) is 17.5 Å². The third-order valence-corrected chi connectivity index (χ3v) is 9.06. The van der Waals surface area contributed by atoms with Crippen molar-refractivity contribution in [1.82, 2.24) is 24.5 Å². The standard InChI is InChI=1S/C23H26N10O4S2/c1-16-14-17(15-24)27-23(26-16)32-10-12-33(13-11-32)39(25,37)21-9-8-20(29-30-21)28-22(34)18-6-4-5-7-19(18)31(2)38(3,35)36/h4-9,14,25H,10-13H2,1-3H3,(H,28,29,34). The molecule has 1 aliphatic heterocycles. The van der Waals surface area contributed by atoms with E-state index >= 15 is 0 Å². The zero-order valence-electron chi connectivity index (χ0n) is 21.4. The van der Waals surface area contributed by atoms with Gasteiger partial charge in [-0.15, -0.1) is 10.2 Å². The molecular formula is C23H26N10O4S2. The van der Waals surface area contributed by atoms with Crippen LogP contribution in [0.15, 0.2) is 47.5 Å². The number of carbonyl (C=O) groups excluding carboxylic acids is 1. The average molecular weight is 571 g/mol. The van der Waals surface area contributed by atoms with Crippen LogP contribution in [0, 0.1) is 23.0 Å². The maximum atomic E-state index is 13.4. The number of para-hydroxylation sites is 1. The van der Waals surface area contributed by atoms with E-state index in [0.29, 0.717) is 24.7 Å². The summed E-state index contributed by atoms with van der Waals surface area (Å²) in [6.07, 6.45) is 1.03. The maximum absolute atomic E-state index is 13.4. The van der Waals surface area contributed by atoms with E-state index in [1.165, 1.54) is 35.6 Å². The molecule has 39 heavy (non-hydrogen) atoms. The summed E-state index contributed by atoms with van der Waals surface area (Å²) in [4.78, 5) is 23.3. The molecule has 0 radical (unpaired) electrons. The number of hydrogen-bond donors (Lipinski definition) is 2.